The van der Waals surface area contributed by atoms with E-state index in [-0.39, 0.29) is 5.41 Å². The Hall–Kier alpha value is -1.38. The lowest BCUT2D eigenvalue weighted by Crippen LogP contribution is -2.20. The molecule has 0 aliphatic carbocycles. The minimum Gasteiger partial charge on any atom is -0.258 e. The highest BCUT2D eigenvalue weighted by Crippen LogP contribution is 2.33. The van der Waals surface area contributed by atoms with Crippen molar-refractivity contribution in [2.75, 3.05) is 0 Å². The summed E-state index contributed by atoms with van der Waals surface area (Å²) in [7, 11) is 0. The van der Waals surface area contributed by atoms with Crippen LogP contribution in [0, 0.1) is 5.92 Å². The van der Waals surface area contributed by atoms with Crippen molar-refractivity contribution in [1.82, 2.24) is 15.4 Å². The molecule has 0 saturated heterocycles. The van der Waals surface area contributed by atoms with E-state index in [9.17, 15) is 0 Å². The minimum atomic E-state index is 0.143. The lowest BCUT2D eigenvalue weighted by atomic mass is 9.77. The maximum atomic E-state index is 4.19. The molecule has 0 unspecified atom stereocenters. The summed E-state index contributed by atoms with van der Waals surface area (Å²) >= 11 is 0. The summed E-state index contributed by atoms with van der Waals surface area (Å²) in [5.41, 5.74) is 3.46. The Morgan fingerprint density at radius 3 is 2.75 bits per heavy atom. The van der Waals surface area contributed by atoms with Gasteiger partial charge in [-0.25, -0.2) is 0 Å². The third kappa shape index (κ3) is 1.94. The molecule has 0 aliphatic rings. The number of hydrogen-bond acceptors (Lipinski definition) is 2. The zero-order valence-electron chi connectivity index (χ0n) is 10.4. The molecular formula is C13H19N3. The van der Waals surface area contributed by atoms with E-state index in [4.69, 9.17) is 0 Å². The first kappa shape index (κ1) is 11.1. The van der Waals surface area contributed by atoms with Crippen LogP contribution in [-0.2, 0) is 5.41 Å². The Morgan fingerprint density at radius 1 is 1.31 bits per heavy atom. The molecule has 0 atom stereocenters. The van der Waals surface area contributed by atoms with Crippen LogP contribution >= 0.6 is 0 Å². The van der Waals surface area contributed by atoms with E-state index in [0.717, 1.165) is 17.5 Å². The Kier molecular flexibility index (Phi) is 2.70. The average Bonchev–Trinajstić information content (AvgIpc) is 2.62. The fraction of sp³-hybridized carbons (Fsp3) is 0.538. The van der Waals surface area contributed by atoms with E-state index in [1.54, 1.807) is 0 Å². The second kappa shape index (κ2) is 3.89. The van der Waals surface area contributed by atoms with Crippen LogP contribution in [0.4, 0.5) is 0 Å². The van der Waals surface area contributed by atoms with E-state index in [1.807, 2.05) is 6.07 Å². The zero-order valence-corrected chi connectivity index (χ0v) is 10.4. The Balaban J connectivity index is 2.49. The zero-order chi connectivity index (χ0) is 11.8. The van der Waals surface area contributed by atoms with E-state index in [0.29, 0.717) is 5.92 Å². The summed E-state index contributed by atoms with van der Waals surface area (Å²) in [4.78, 5) is 0. The maximum Gasteiger partial charge on any atom is 0.116 e. The van der Waals surface area contributed by atoms with Crippen molar-refractivity contribution in [1.29, 1.82) is 0 Å². The molecule has 0 aliphatic heterocycles. The van der Waals surface area contributed by atoms with Crippen molar-refractivity contribution in [3.63, 3.8) is 0 Å². The molecule has 0 spiro atoms. The smallest absolute Gasteiger partial charge is 0.116 e. The van der Waals surface area contributed by atoms with Crippen LogP contribution in [0.2, 0.25) is 0 Å². The van der Waals surface area contributed by atoms with Crippen LogP contribution in [0.5, 0.6) is 0 Å². The Labute approximate surface area is 96.3 Å². The summed E-state index contributed by atoms with van der Waals surface area (Å²) in [6.07, 6.45) is 1.15. The largest absolute Gasteiger partial charge is 0.258 e. The lowest BCUT2D eigenvalue weighted by molar-refractivity contribution is 0.402. The number of hydrogen-bond donors (Lipinski definition) is 1. The van der Waals surface area contributed by atoms with Gasteiger partial charge < -0.3 is 0 Å². The summed E-state index contributed by atoms with van der Waals surface area (Å²) in [5.74, 6) is 0.678. The van der Waals surface area contributed by atoms with Gasteiger partial charge in [0, 0.05) is 0 Å². The molecule has 0 radical (unpaired) electrons. The Morgan fingerprint density at radius 2 is 2.06 bits per heavy atom. The number of benzene rings is 1. The third-order valence-electron chi connectivity index (χ3n) is 3.00. The molecule has 86 valence electrons. The van der Waals surface area contributed by atoms with Gasteiger partial charge in [-0.05, 0) is 29.4 Å². The second-order valence-corrected chi connectivity index (χ2v) is 5.50. The molecule has 0 amide bonds. The molecule has 1 aromatic heterocycles. The fourth-order valence-electron chi connectivity index (χ4n) is 2.55. The van der Waals surface area contributed by atoms with E-state index in [2.05, 4.69) is 55.2 Å². The van der Waals surface area contributed by atoms with Crippen molar-refractivity contribution >= 4 is 11.0 Å². The second-order valence-electron chi connectivity index (χ2n) is 5.50. The first-order valence-corrected chi connectivity index (χ1v) is 5.81. The molecule has 1 aromatic carbocycles. The predicted molar refractivity (Wildman–Crippen MR) is 66.4 cm³/mol. The van der Waals surface area contributed by atoms with Gasteiger partial charge >= 0.3 is 0 Å². The molecule has 2 aromatic rings. The van der Waals surface area contributed by atoms with Crippen LogP contribution in [0.3, 0.4) is 0 Å². The SMILES string of the molecule is CC(C)CC(C)(C)c1cccc2[nH]nnc12. The molecule has 2 rings (SSSR count). The van der Waals surface area contributed by atoms with Gasteiger partial charge in [-0.1, -0.05) is 45.0 Å². The van der Waals surface area contributed by atoms with E-state index < -0.39 is 0 Å². The quantitative estimate of drug-likeness (QED) is 0.857. The first-order chi connectivity index (χ1) is 7.50. The molecule has 3 nitrogen and oxygen atoms in total. The van der Waals surface area contributed by atoms with Gasteiger partial charge in [0.2, 0.25) is 0 Å². The van der Waals surface area contributed by atoms with Gasteiger partial charge in [-0.3, -0.25) is 5.10 Å². The topological polar surface area (TPSA) is 41.6 Å². The highest BCUT2D eigenvalue weighted by atomic mass is 15.3. The maximum absolute atomic E-state index is 4.19. The van der Waals surface area contributed by atoms with Crippen molar-refractivity contribution in [3.8, 4) is 0 Å². The van der Waals surface area contributed by atoms with Gasteiger partial charge in [0.1, 0.15) is 5.52 Å². The highest BCUT2D eigenvalue weighted by Gasteiger charge is 2.24. The summed E-state index contributed by atoms with van der Waals surface area (Å²) in [5, 5.41) is 11.0. The molecule has 0 fully saturated rings. The van der Waals surface area contributed by atoms with Gasteiger partial charge in [0.15, 0.2) is 0 Å². The monoisotopic (exact) mass is 217 g/mol. The van der Waals surface area contributed by atoms with Gasteiger partial charge in [0.05, 0.1) is 5.52 Å². The minimum absolute atomic E-state index is 0.143. The molecule has 0 bridgehead atoms. The van der Waals surface area contributed by atoms with Gasteiger partial charge in [-0.15, -0.1) is 5.10 Å². The van der Waals surface area contributed by atoms with Crippen LogP contribution in [0.25, 0.3) is 11.0 Å². The summed E-state index contributed by atoms with van der Waals surface area (Å²) in [6, 6.07) is 6.25. The van der Waals surface area contributed by atoms with Crippen molar-refractivity contribution in [3.05, 3.63) is 23.8 Å². The number of fused-ring (bicyclic) bond motifs is 1. The van der Waals surface area contributed by atoms with Crippen LogP contribution in [0.1, 0.15) is 39.7 Å². The van der Waals surface area contributed by atoms with Crippen LogP contribution < -0.4 is 0 Å². The number of nitrogens with zero attached hydrogens (tertiary/aromatic N) is 2. The highest BCUT2D eigenvalue weighted by molar-refractivity contribution is 5.78. The van der Waals surface area contributed by atoms with Crippen molar-refractivity contribution in [2.45, 2.75) is 39.5 Å². The van der Waals surface area contributed by atoms with Gasteiger partial charge in [-0.2, -0.15) is 0 Å². The van der Waals surface area contributed by atoms with Crippen LogP contribution in [0.15, 0.2) is 18.2 Å². The molecule has 1 N–H and O–H groups in total. The molecule has 1 heterocycles. The molecule has 0 saturated carbocycles. The predicted octanol–water partition coefficient (Wildman–Crippen LogP) is 3.28. The van der Waals surface area contributed by atoms with E-state index >= 15 is 0 Å². The summed E-state index contributed by atoms with van der Waals surface area (Å²) in [6.45, 7) is 9.06. The molecular weight excluding hydrogens is 198 g/mol. The average molecular weight is 217 g/mol. The number of H-pyrrole nitrogens is 1. The molecule has 3 heteroatoms. The summed E-state index contributed by atoms with van der Waals surface area (Å²) < 4.78 is 0. The number of nitrogens with one attached hydrogen (secondary N) is 1. The van der Waals surface area contributed by atoms with Crippen molar-refractivity contribution in [2.24, 2.45) is 5.92 Å². The number of rotatable bonds is 3. The van der Waals surface area contributed by atoms with E-state index in [1.165, 1.54) is 5.56 Å². The standard InChI is InChI=1S/C13H19N3/c1-9(2)8-13(3,4)10-6-5-7-11-12(10)15-16-14-11/h5-7,9H,8H2,1-4H3,(H,14,15,16). The Bertz CT molecular complexity index is 483. The molecule has 16 heavy (non-hydrogen) atoms. The van der Waals surface area contributed by atoms with Gasteiger partial charge in [0.25, 0.3) is 0 Å². The fourth-order valence-corrected chi connectivity index (χ4v) is 2.55. The lowest BCUT2D eigenvalue weighted by Gasteiger charge is -2.27. The number of aromatic amines is 1. The van der Waals surface area contributed by atoms with Crippen molar-refractivity contribution < 1.29 is 0 Å². The van der Waals surface area contributed by atoms with Crippen LogP contribution in [-0.4, -0.2) is 15.4 Å². The normalized spacial score (nSPS) is 12.6. The third-order valence-corrected chi connectivity index (χ3v) is 3.00. The first-order valence-electron chi connectivity index (χ1n) is 5.81. The number of aromatic nitrogens is 3.